The zero-order valence-electron chi connectivity index (χ0n) is 22.8. The van der Waals surface area contributed by atoms with Gasteiger partial charge in [0.25, 0.3) is 0 Å². The van der Waals surface area contributed by atoms with Gasteiger partial charge in [-0.15, -0.1) is 0 Å². The molecule has 8 heteroatoms. The molecule has 2 N–H and O–H groups in total. The minimum atomic E-state index is -0.470. The van der Waals surface area contributed by atoms with Crippen LogP contribution in [0.25, 0.3) is 0 Å². The summed E-state index contributed by atoms with van der Waals surface area (Å²) in [5.41, 5.74) is 2.79. The molecule has 37 heavy (non-hydrogen) atoms. The number of carbonyl (C=O) groups excluding carboxylic acids is 2. The van der Waals surface area contributed by atoms with Crippen molar-refractivity contribution in [2.24, 2.45) is 0 Å². The first-order valence-electron chi connectivity index (χ1n) is 13.2. The molecule has 1 aliphatic rings. The van der Waals surface area contributed by atoms with E-state index in [9.17, 15) is 9.59 Å². The number of anilines is 3. The van der Waals surface area contributed by atoms with Gasteiger partial charge in [-0.1, -0.05) is 19.9 Å². The Morgan fingerprint density at radius 1 is 1.00 bits per heavy atom. The molecular formula is C29H41N3O5. The quantitative estimate of drug-likeness (QED) is 0.362. The number of esters is 1. The largest absolute Gasteiger partial charge is 0.494 e. The number of urea groups is 1. The zero-order chi connectivity index (χ0) is 26.8. The number of hydrogen-bond acceptors (Lipinski definition) is 6. The van der Waals surface area contributed by atoms with E-state index in [1.54, 1.807) is 6.92 Å². The summed E-state index contributed by atoms with van der Waals surface area (Å²) in [4.78, 5) is 27.7. The standard InChI is InChI=1S/C29H41N3O5/c1-6-32(23-15-17-35-18-16-23)26-14-9-21(29(4,5)20-27(33)37-8-3)19-25(26)31-28(34)30-22-10-12-24(13-11-22)36-7-2/h9-14,19,23H,6-8,15-18,20H2,1-5H3,(H2,30,31,34). The maximum atomic E-state index is 13.1. The van der Waals surface area contributed by atoms with E-state index in [-0.39, 0.29) is 18.4 Å². The molecule has 0 aliphatic carbocycles. The van der Waals surface area contributed by atoms with Gasteiger partial charge >= 0.3 is 12.0 Å². The average molecular weight is 512 g/mol. The Morgan fingerprint density at radius 2 is 1.70 bits per heavy atom. The summed E-state index contributed by atoms with van der Waals surface area (Å²) in [5, 5.41) is 5.99. The van der Waals surface area contributed by atoms with Crippen LogP contribution in [0.3, 0.4) is 0 Å². The fourth-order valence-corrected chi connectivity index (χ4v) is 4.69. The van der Waals surface area contributed by atoms with E-state index in [0.29, 0.717) is 30.6 Å². The van der Waals surface area contributed by atoms with Crippen molar-refractivity contribution in [3.8, 4) is 5.75 Å². The number of rotatable bonds is 11. The molecule has 0 atom stereocenters. The molecule has 3 rings (SSSR count). The number of nitrogens with one attached hydrogen (secondary N) is 2. The second-order valence-electron chi connectivity index (χ2n) is 9.76. The van der Waals surface area contributed by atoms with E-state index in [2.05, 4.69) is 22.5 Å². The summed E-state index contributed by atoms with van der Waals surface area (Å²) in [7, 11) is 0. The SMILES string of the molecule is CCOC(=O)CC(C)(C)c1ccc(N(CC)C2CCOCC2)c(NC(=O)Nc2ccc(OCC)cc2)c1. The minimum Gasteiger partial charge on any atom is -0.494 e. The maximum absolute atomic E-state index is 13.1. The Balaban J connectivity index is 1.88. The van der Waals surface area contributed by atoms with Gasteiger partial charge in [0.2, 0.25) is 0 Å². The first-order chi connectivity index (χ1) is 17.8. The summed E-state index contributed by atoms with van der Waals surface area (Å²) >= 11 is 0. The molecule has 1 fully saturated rings. The average Bonchev–Trinajstić information content (AvgIpc) is 2.87. The van der Waals surface area contributed by atoms with Crippen LogP contribution in [0, 0.1) is 0 Å². The number of benzene rings is 2. The van der Waals surface area contributed by atoms with Gasteiger partial charge in [0.05, 0.1) is 31.0 Å². The van der Waals surface area contributed by atoms with Gasteiger partial charge in [-0.3, -0.25) is 4.79 Å². The van der Waals surface area contributed by atoms with Crippen molar-refractivity contribution in [1.82, 2.24) is 0 Å². The van der Waals surface area contributed by atoms with Crippen LogP contribution in [0.5, 0.6) is 5.75 Å². The molecule has 0 spiro atoms. The maximum Gasteiger partial charge on any atom is 0.323 e. The summed E-state index contributed by atoms with van der Waals surface area (Å²) < 4.78 is 16.3. The molecule has 2 aromatic carbocycles. The first kappa shape index (κ1) is 28.3. The Hall–Kier alpha value is -3.26. The molecule has 0 unspecified atom stereocenters. The van der Waals surface area contributed by atoms with E-state index in [1.807, 2.05) is 63.2 Å². The molecule has 1 saturated heterocycles. The third kappa shape index (κ3) is 7.86. The lowest BCUT2D eigenvalue weighted by molar-refractivity contribution is -0.144. The first-order valence-corrected chi connectivity index (χ1v) is 13.2. The summed E-state index contributed by atoms with van der Waals surface area (Å²) in [6, 6.07) is 13.3. The normalized spacial score (nSPS) is 14.1. The Bertz CT molecular complexity index is 1030. The molecule has 1 heterocycles. The molecule has 0 radical (unpaired) electrons. The molecule has 202 valence electrons. The Kier molecular flexibility index (Phi) is 10.2. The molecule has 0 bridgehead atoms. The minimum absolute atomic E-state index is 0.239. The van der Waals surface area contributed by atoms with Crippen LogP contribution in [0.15, 0.2) is 42.5 Å². The highest BCUT2D eigenvalue weighted by molar-refractivity contribution is 6.02. The van der Waals surface area contributed by atoms with Gasteiger partial charge in [0, 0.05) is 36.9 Å². The van der Waals surface area contributed by atoms with E-state index in [0.717, 1.165) is 49.6 Å². The van der Waals surface area contributed by atoms with Crippen molar-refractivity contribution >= 4 is 29.1 Å². The van der Waals surface area contributed by atoms with Crippen LogP contribution in [0.4, 0.5) is 21.9 Å². The smallest absolute Gasteiger partial charge is 0.323 e. The monoisotopic (exact) mass is 511 g/mol. The fraction of sp³-hybridized carbons (Fsp3) is 0.517. The highest BCUT2D eigenvalue weighted by Gasteiger charge is 2.28. The van der Waals surface area contributed by atoms with Crippen LogP contribution in [-0.4, -0.2) is 51.0 Å². The second-order valence-corrected chi connectivity index (χ2v) is 9.76. The van der Waals surface area contributed by atoms with Crippen molar-refractivity contribution in [3.05, 3.63) is 48.0 Å². The van der Waals surface area contributed by atoms with Crippen molar-refractivity contribution < 1.29 is 23.8 Å². The van der Waals surface area contributed by atoms with E-state index in [1.165, 1.54) is 0 Å². The summed E-state index contributed by atoms with van der Waals surface area (Å²) in [5.74, 6) is 0.513. The van der Waals surface area contributed by atoms with Gasteiger partial charge in [0.15, 0.2) is 0 Å². The van der Waals surface area contributed by atoms with Gasteiger partial charge in [0.1, 0.15) is 5.75 Å². The van der Waals surface area contributed by atoms with Crippen molar-refractivity contribution in [2.75, 3.05) is 48.5 Å². The van der Waals surface area contributed by atoms with E-state index in [4.69, 9.17) is 14.2 Å². The molecule has 0 saturated carbocycles. The lowest BCUT2D eigenvalue weighted by Crippen LogP contribution is -2.40. The Labute approximate surface area is 220 Å². The molecule has 2 aromatic rings. The highest BCUT2D eigenvalue weighted by Crippen LogP contribution is 2.36. The molecular weight excluding hydrogens is 470 g/mol. The molecule has 2 amide bonds. The van der Waals surface area contributed by atoms with Crippen LogP contribution in [0.1, 0.15) is 59.4 Å². The molecule has 1 aliphatic heterocycles. The van der Waals surface area contributed by atoms with Gasteiger partial charge in [-0.05, 0) is 75.6 Å². The third-order valence-corrected chi connectivity index (χ3v) is 6.62. The van der Waals surface area contributed by atoms with Gasteiger partial charge in [-0.25, -0.2) is 4.79 Å². The number of carbonyl (C=O) groups is 2. The van der Waals surface area contributed by atoms with Crippen LogP contribution < -0.4 is 20.3 Å². The van der Waals surface area contributed by atoms with Crippen LogP contribution in [-0.2, 0) is 19.7 Å². The summed E-state index contributed by atoms with van der Waals surface area (Å²) in [6.45, 7) is 13.1. The fourth-order valence-electron chi connectivity index (χ4n) is 4.69. The third-order valence-electron chi connectivity index (χ3n) is 6.62. The molecule has 8 nitrogen and oxygen atoms in total. The van der Waals surface area contributed by atoms with Gasteiger partial charge in [-0.2, -0.15) is 0 Å². The van der Waals surface area contributed by atoms with Gasteiger partial charge < -0.3 is 29.7 Å². The topological polar surface area (TPSA) is 89.1 Å². The van der Waals surface area contributed by atoms with Crippen molar-refractivity contribution in [1.29, 1.82) is 0 Å². The van der Waals surface area contributed by atoms with Crippen LogP contribution >= 0.6 is 0 Å². The van der Waals surface area contributed by atoms with E-state index >= 15 is 0 Å². The predicted octanol–water partition coefficient (Wildman–Crippen LogP) is 5.97. The summed E-state index contributed by atoms with van der Waals surface area (Å²) in [6.07, 6.45) is 2.11. The van der Waals surface area contributed by atoms with Crippen molar-refractivity contribution in [2.45, 2.75) is 65.3 Å². The zero-order valence-corrected chi connectivity index (χ0v) is 22.8. The number of nitrogens with zero attached hydrogens (tertiary/aromatic N) is 1. The Morgan fingerprint density at radius 3 is 2.32 bits per heavy atom. The number of amides is 2. The van der Waals surface area contributed by atoms with Crippen molar-refractivity contribution in [3.63, 3.8) is 0 Å². The lowest BCUT2D eigenvalue weighted by Gasteiger charge is -2.37. The lowest BCUT2D eigenvalue weighted by atomic mass is 9.81. The highest BCUT2D eigenvalue weighted by atomic mass is 16.5. The number of hydrogen-bond donors (Lipinski definition) is 2. The number of ether oxygens (including phenoxy) is 3. The second kappa shape index (κ2) is 13.3. The molecule has 0 aromatic heterocycles. The van der Waals surface area contributed by atoms with Crippen LogP contribution in [0.2, 0.25) is 0 Å². The van der Waals surface area contributed by atoms with E-state index < -0.39 is 5.41 Å². The predicted molar refractivity (Wildman–Crippen MR) is 148 cm³/mol.